The molecule has 0 radical (unpaired) electrons. The number of aryl methyl sites for hydroxylation is 1. The molecule has 1 aromatic heterocycles. The van der Waals surface area contributed by atoms with E-state index in [1.54, 1.807) is 0 Å². The van der Waals surface area contributed by atoms with Crippen LogP contribution in [0.3, 0.4) is 0 Å². The highest BCUT2D eigenvalue weighted by Gasteiger charge is 2.02. The number of fused-ring (bicyclic) bond motifs is 1. The Hall–Kier alpha value is -1.75. The second-order valence-corrected chi connectivity index (χ2v) is 3.65. The van der Waals surface area contributed by atoms with Gasteiger partial charge in [-0.15, -0.1) is 0 Å². The Labute approximate surface area is 92.5 Å². The highest BCUT2D eigenvalue weighted by atomic mass is 32.1. The lowest BCUT2D eigenvalue weighted by Gasteiger charge is -2.07. The van der Waals surface area contributed by atoms with Gasteiger partial charge in [-0.05, 0) is 37.3 Å². The molecule has 2 aromatic rings. The average molecular weight is 218 g/mol. The van der Waals surface area contributed by atoms with Crippen molar-refractivity contribution in [3.05, 3.63) is 30.0 Å². The first-order valence-electron chi connectivity index (χ1n) is 4.46. The van der Waals surface area contributed by atoms with Crippen LogP contribution in [0, 0.1) is 6.92 Å². The largest absolute Gasteiger partial charge is 0.376 e. The van der Waals surface area contributed by atoms with Crippen LogP contribution < -0.4 is 11.1 Å². The number of thiocarbonyl (C=S) groups is 1. The van der Waals surface area contributed by atoms with Gasteiger partial charge in [0.05, 0.1) is 11.2 Å². The number of hydrogen-bond acceptors (Lipinski definition) is 3. The van der Waals surface area contributed by atoms with Gasteiger partial charge in [-0.1, -0.05) is 6.07 Å². The highest BCUT2D eigenvalue weighted by Crippen LogP contribution is 2.21. The fourth-order valence-electron chi connectivity index (χ4n) is 1.40. The first-order chi connectivity index (χ1) is 7.16. The van der Waals surface area contributed by atoms with E-state index in [0.717, 1.165) is 22.3 Å². The summed E-state index contributed by atoms with van der Waals surface area (Å²) in [6.07, 6.45) is 0. The summed E-state index contributed by atoms with van der Waals surface area (Å²) in [6.45, 7) is 1.89. The number of nitrogens with one attached hydrogen (secondary N) is 1. The molecule has 2 rings (SSSR count). The average Bonchev–Trinajstić information content (AvgIpc) is 2.18. The number of nitrogens with zero attached hydrogens (tertiary/aromatic N) is 2. The van der Waals surface area contributed by atoms with Gasteiger partial charge in [-0.3, -0.25) is 0 Å². The molecular formula is C10H10N4S. The SMILES string of the molecule is Cc1cc2c(NC(N)=S)cccc2nn1. The predicted molar refractivity (Wildman–Crippen MR) is 64.7 cm³/mol. The van der Waals surface area contributed by atoms with Gasteiger partial charge in [0.15, 0.2) is 5.11 Å². The highest BCUT2D eigenvalue weighted by molar-refractivity contribution is 7.80. The van der Waals surface area contributed by atoms with Crippen molar-refractivity contribution in [2.45, 2.75) is 6.92 Å². The Morgan fingerprint density at radius 1 is 1.40 bits per heavy atom. The lowest BCUT2D eigenvalue weighted by molar-refractivity contribution is 1.02. The fourth-order valence-corrected chi connectivity index (χ4v) is 1.51. The minimum absolute atomic E-state index is 0.247. The lowest BCUT2D eigenvalue weighted by Crippen LogP contribution is -2.19. The van der Waals surface area contributed by atoms with Crippen molar-refractivity contribution in [3.8, 4) is 0 Å². The second kappa shape index (κ2) is 3.78. The molecule has 0 aliphatic carbocycles. The summed E-state index contributed by atoms with van der Waals surface area (Å²) in [7, 11) is 0. The van der Waals surface area contributed by atoms with Crippen LogP contribution in [0.4, 0.5) is 5.69 Å². The third-order valence-corrected chi connectivity index (χ3v) is 2.11. The van der Waals surface area contributed by atoms with Gasteiger partial charge in [0, 0.05) is 11.1 Å². The first-order valence-corrected chi connectivity index (χ1v) is 4.87. The van der Waals surface area contributed by atoms with E-state index in [4.69, 9.17) is 18.0 Å². The summed E-state index contributed by atoms with van der Waals surface area (Å²) in [5, 5.41) is 12.2. The maximum absolute atomic E-state index is 5.44. The summed E-state index contributed by atoms with van der Waals surface area (Å²) in [6, 6.07) is 7.63. The lowest BCUT2D eigenvalue weighted by atomic mass is 10.2. The van der Waals surface area contributed by atoms with Crippen LogP contribution in [0.2, 0.25) is 0 Å². The summed E-state index contributed by atoms with van der Waals surface area (Å²) in [4.78, 5) is 0. The van der Waals surface area contributed by atoms with Crippen LogP contribution in [0.25, 0.3) is 10.9 Å². The Kier molecular flexibility index (Phi) is 2.47. The Morgan fingerprint density at radius 3 is 2.93 bits per heavy atom. The third-order valence-electron chi connectivity index (χ3n) is 2.01. The number of rotatable bonds is 1. The molecule has 3 N–H and O–H groups in total. The smallest absolute Gasteiger partial charge is 0.168 e. The molecule has 76 valence electrons. The Bertz CT molecular complexity index is 524. The van der Waals surface area contributed by atoms with Crippen molar-refractivity contribution >= 4 is 33.9 Å². The van der Waals surface area contributed by atoms with E-state index < -0.39 is 0 Å². The molecular weight excluding hydrogens is 208 g/mol. The van der Waals surface area contributed by atoms with Crippen LogP contribution in [0.1, 0.15) is 5.69 Å². The van der Waals surface area contributed by atoms with Crippen molar-refractivity contribution in [1.29, 1.82) is 0 Å². The van der Waals surface area contributed by atoms with Crippen molar-refractivity contribution in [2.24, 2.45) is 5.73 Å². The van der Waals surface area contributed by atoms with Crippen LogP contribution in [-0.4, -0.2) is 15.3 Å². The molecule has 15 heavy (non-hydrogen) atoms. The summed E-state index contributed by atoms with van der Waals surface area (Å²) in [5.41, 5.74) is 7.98. The van der Waals surface area contributed by atoms with Crippen LogP contribution in [0.5, 0.6) is 0 Å². The Morgan fingerprint density at radius 2 is 2.20 bits per heavy atom. The molecule has 0 unspecified atom stereocenters. The molecule has 4 nitrogen and oxygen atoms in total. The quantitative estimate of drug-likeness (QED) is 0.712. The molecule has 5 heteroatoms. The maximum atomic E-state index is 5.44. The molecule has 0 aliphatic rings. The molecule has 0 saturated heterocycles. The number of anilines is 1. The van der Waals surface area contributed by atoms with Crippen LogP contribution >= 0.6 is 12.2 Å². The number of hydrogen-bond donors (Lipinski definition) is 2. The first kappa shape index (κ1) is 9.79. The van der Waals surface area contributed by atoms with E-state index in [2.05, 4.69) is 15.5 Å². The summed E-state index contributed by atoms with van der Waals surface area (Å²) >= 11 is 4.80. The zero-order chi connectivity index (χ0) is 10.8. The van der Waals surface area contributed by atoms with E-state index in [1.165, 1.54) is 0 Å². The number of benzene rings is 1. The van der Waals surface area contributed by atoms with Gasteiger partial charge in [0.2, 0.25) is 0 Å². The van der Waals surface area contributed by atoms with E-state index in [0.29, 0.717) is 0 Å². The molecule has 0 bridgehead atoms. The van der Waals surface area contributed by atoms with E-state index in [1.807, 2.05) is 31.2 Å². The topological polar surface area (TPSA) is 63.8 Å². The van der Waals surface area contributed by atoms with Crippen molar-refractivity contribution in [1.82, 2.24) is 10.2 Å². The standard InChI is InChI=1S/C10H10N4S/c1-6-5-7-8(12-10(11)15)3-2-4-9(7)14-13-6/h2-5H,1H3,(H3,11,12,15). The number of nitrogens with two attached hydrogens (primary N) is 1. The van der Waals surface area contributed by atoms with Gasteiger partial charge < -0.3 is 11.1 Å². The van der Waals surface area contributed by atoms with E-state index in [-0.39, 0.29) is 5.11 Å². The summed E-state index contributed by atoms with van der Waals surface area (Å²) < 4.78 is 0. The zero-order valence-electron chi connectivity index (χ0n) is 8.19. The van der Waals surface area contributed by atoms with Crippen LogP contribution in [-0.2, 0) is 0 Å². The van der Waals surface area contributed by atoms with Gasteiger partial charge in [0.25, 0.3) is 0 Å². The van der Waals surface area contributed by atoms with Crippen molar-refractivity contribution in [3.63, 3.8) is 0 Å². The van der Waals surface area contributed by atoms with Gasteiger partial charge in [-0.2, -0.15) is 10.2 Å². The second-order valence-electron chi connectivity index (χ2n) is 3.21. The van der Waals surface area contributed by atoms with Gasteiger partial charge >= 0.3 is 0 Å². The van der Waals surface area contributed by atoms with Crippen molar-refractivity contribution < 1.29 is 0 Å². The maximum Gasteiger partial charge on any atom is 0.168 e. The predicted octanol–water partition coefficient (Wildman–Crippen LogP) is 1.59. The van der Waals surface area contributed by atoms with E-state index >= 15 is 0 Å². The van der Waals surface area contributed by atoms with Gasteiger partial charge in [-0.25, -0.2) is 0 Å². The molecule has 0 saturated carbocycles. The minimum Gasteiger partial charge on any atom is -0.376 e. The molecule has 0 amide bonds. The van der Waals surface area contributed by atoms with E-state index in [9.17, 15) is 0 Å². The molecule has 0 atom stereocenters. The monoisotopic (exact) mass is 218 g/mol. The molecule has 0 fully saturated rings. The zero-order valence-corrected chi connectivity index (χ0v) is 9.01. The molecule has 0 spiro atoms. The normalized spacial score (nSPS) is 10.2. The van der Waals surface area contributed by atoms with Crippen molar-refractivity contribution in [2.75, 3.05) is 5.32 Å². The molecule has 1 aromatic carbocycles. The molecule has 1 heterocycles. The summed E-state index contributed by atoms with van der Waals surface area (Å²) in [5.74, 6) is 0. The number of aromatic nitrogens is 2. The Balaban J connectivity index is 2.63. The van der Waals surface area contributed by atoms with Crippen LogP contribution in [0.15, 0.2) is 24.3 Å². The minimum atomic E-state index is 0.247. The third kappa shape index (κ3) is 2.02. The fraction of sp³-hybridized carbons (Fsp3) is 0.100. The van der Waals surface area contributed by atoms with Gasteiger partial charge in [0.1, 0.15) is 0 Å². The molecule has 0 aliphatic heterocycles.